The van der Waals surface area contributed by atoms with Crippen molar-refractivity contribution in [3.63, 3.8) is 0 Å². The molecular weight excluding hydrogens is 190 g/mol. The molecule has 0 bridgehead atoms. The number of nitrogens with two attached hydrogens (primary N) is 1. The second-order valence-electron chi connectivity index (χ2n) is 3.23. The lowest BCUT2D eigenvalue weighted by molar-refractivity contribution is 0.108. The SMILES string of the molecule is CCC(CC(F)F)Cn1cnc(N)n1. The van der Waals surface area contributed by atoms with Gasteiger partial charge in [0.1, 0.15) is 6.33 Å². The highest BCUT2D eigenvalue weighted by molar-refractivity contribution is 5.09. The van der Waals surface area contributed by atoms with Crippen molar-refractivity contribution in [2.75, 3.05) is 5.73 Å². The van der Waals surface area contributed by atoms with Crippen LogP contribution in [0.2, 0.25) is 0 Å². The van der Waals surface area contributed by atoms with Gasteiger partial charge in [0.25, 0.3) is 0 Å². The second kappa shape index (κ2) is 4.88. The van der Waals surface area contributed by atoms with Crippen molar-refractivity contribution >= 4 is 5.95 Å². The Bertz CT molecular complexity index is 274. The fourth-order valence-corrected chi connectivity index (χ4v) is 1.28. The van der Waals surface area contributed by atoms with Gasteiger partial charge in [0.05, 0.1) is 0 Å². The van der Waals surface area contributed by atoms with Gasteiger partial charge in [-0.05, 0) is 5.92 Å². The van der Waals surface area contributed by atoms with Crippen LogP contribution in [0, 0.1) is 5.92 Å². The molecule has 14 heavy (non-hydrogen) atoms. The maximum Gasteiger partial charge on any atom is 0.239 e. The van der Waals surface area contributed by atoms with Crippen molar-refractivity contribution < 1.29 is 8.78 Å². The molecule has 1 aromatic rings. The van der Waals surface area contributed by atoms with Crippen molar-refractivity contribution in [2.45, 2.75) is 32.7 Å². The molecule has 0 radical (unpaired) electrons. The highest BCUT2D eigenvalue weighted by atomic mass is 19.3. The number of halogens is 2. The fraction of sp³-hybridized carbons (Fsp3) is 0.750. The first-order chi connectivity index (χ1) is 6.61. The van der Waals surface area contributed by atoms with E-state index in [1.165, 1.54) is 11.0 Å². The molecule has 0 saturated heterocycles. The van der Waals surface area contributed by atoms with E-state index in [-0.39, 0.29) is 18.3 Å². The van der Waals surface area contributed by atoms with Crippen molar-refractivity contribution in [1.82, 2.24) is 14.8 Å². The quantitative estimate of drug-likeness (QED) is 0.791. The van der Waals surface area contributed by atoms with E-state index in [4.69, 9.17) is 5.73 Å². The maximum absolute atomic E-state index is 12.1. The predicted molar refractivity (Wildman–Crippen MR) is 48.8 cm³/mol. The normalized spacial score (nSPS) is 13.4. The van der Waals surface area contributed by atoms with Gasteiger partial charge < -0.3 is 5.73 Å². The Labute approximate surface area is 81.1 Å². The van der Waals surface area contributed by atoms with Crippen LogP contribution < -0.4 is 5.73 Å². The zero-order valence-corrected chi connectivity index (χ0v) is 8.03. The molecule has 2 N–H and O–H groups in total. The van der Waals surface area contributed by atoms with Crippen LogP contribution in [0.1, 0.15) is 19.8 Å². The van der Waals surface area contributed by atoms with E-state index in [0.717, 1.165) is 0 Å². The molecule has 80 valence electrons. The van der Waals surface area contributed by atoms with E-state index in [1.807, 2.05) is 6.92 Å². The zero-order valence-electron chi connectivity index (χ0n) is 8.03. The van der Waals surface area contributed by atoms with Gasteiger partial charge >= 0.3 is 0 Å². The maximum atomic E-state index is 12.1. The molecule has 6 heteroatoms. The van der Waals surface area contributed by atoms with Gasteiger partial charge in [-0.1, -0.05) is 13.3 Å². The molecule has 0 aliphatic carbocycles. The molecule has 0 saturated carbocycles. The molecule has 0 aromatic carbocycles. The van der Waals surface area contributed by atoms with E-state index in [0.29, 0.717) is 13.0 Å². The van der Waals surface area contributed by atoms with Gasteiger partial charge in [0.2, 0.25) is 12.4 Å². The van der Waals surface area contributed by atoms with Crippen molar-refractivity contribution in [1.29, 1.82) is 0 Å². The van der Waals surface area contributed by atoms with E-state index in [1.54, 1.807) is 0 Å². The summed E-state index contributed by atoms with van der Waals surface area (Å²) in [6.07, 6.45) is -0.204. The zero-order chi connectivity index (χ0) is 10.6. The van der Waals surface area contributed by atoms with Gasteiger partial charge in [-0.2, -0.15) is 0 Å². The first-order valence-corrected chi connectivity index (χ1v) is 4.55. The number of hydrogen-bond donors (Lipinski definition) is 1. The van der Waals surface area contributed by atoms with Crippen LogP contribution in [0.5, 0.6) is 0 Å². The molecule has 0 spiro atoms. The summed E-state index contributed by atoms with van der Waals surface area (Å²) >= 11 is 0. The molecule has 1 atom stereocenters. The number of rotatable bonds is 5. The van der Waals surface area contributed by atoms with Gasteiger partial charge in [-0.25, -0.2) is 13.8 Å². The van der Waals surface area contributed by atoms with Crippen LogP contribution >= 0.6 is 0 Å². The molecular formula is C8H14F2N4. The molecule has 0 aliphatic rings. The number of aromatic nitrogens is 3. The lowest BCUT2D eigenvalue weighted by Gasteiger charge is -2.13. The molecule has 0 amide bonds. The summed E-state index contributed by atoms with van der Waals surface area (Å²) in [7, 11) is 0. The largest absolute Gasteiger partial charge is 0.367 e. The smallest absolute Gasteiger partial charge is 0.239 e. The van der Waals surface area contributed by atoms with E-state index in [2.05, 4.69) is 10.1 Å². The minimum atomic E-state index is -2.26. The second-order valence-corrected chi connectivity index (χ2v) is 3.23. The van der Waals surface area contributed by atoms with Crippen molar-refractivity contribution in [2.24, 2.45) is 5.92 Å². The minimum Gasteiger partial charge on any atom is -0.367 e. The third-order valence-corrected chi connectivity index (χ3v) is 2.09. The van der Waals surface area contributed by atoms with Crippen LogP contribution in [0.3, 0.4) is 0 Å². The molecule has 1 rings (SSSR count). The topological polar surface area (TPSA) is 56.7 Å². The fourth-order valence-electron chi connectivity index (χ4n) is 1.28. The standard InChI is InChI=1S/C8H14F2N4/c1-2-6(3-7(9)10)4-14-5-12-8(11)13-14/h5-7H,2-4H2,1H3,(H2,11,13). The Balaban J connectivity index is 2.48. The lowest BCUT2D eigenvalue weighted by Crippen LogP contribution is -2.14. The van der Waals surface area contributed by atoms with Crippen LogP contribution in [0.4, 0.5) is 14.7 Å². The van der Waals surface area contributed by atoms with Crippen LogP contribution in [-0.2, 0) is 6.54 Å². The minimum absolute atomic E-state index is 0.0731. The number of alkyl halides is 2. The Morgan fingerprint density at radius 3 is 2.71 bits per heavy atom. The van der Waals surface area contributed by atoms with Crippen molar-refractivity contribution in [3.8, 4) is 0 Å². The number of nitrogen functional groups attached to an aromatic ring is 1. The molecule has 4 nitrogen and oxygen atoms in total. The first-order valence-electron chi connectivity index (χ1n) is 4.55. The summed E-state index contributed by atoms with van der Waals surface area (Å²) in [5, 5.41) is 3.84. The van der Waals surface area contributed by atoms with E-state index < -0.39 is 6.43 Å². The number of hydrogen-bond acceptors (Lipinski definition) is 3. The average Bonchev–Trinajstić information content (AvgIpc) is 2.49. The number of nitrogens with zero attached hydrogens (tertiary/aromatic N) is 3. The highest BCUT2D eigenvalue weighted by Crippen LogP contribution is 2.16. The van der Waals surface area contributed by atoms with Gasteiger partial charge in [-0.15, -0.1) is 5.10 Å². The highest BCUT2D eigenvalue weighted by Gasteiger charge is 2.14. The summed E-state index contributed by atoms with van der Waals surface area (Å²) < 4.78 is 25.7. The third kappa shape index (κ3) is 3.27. The Morgan fingerprint density at radius 1 is 1.57 bits per heavy atom. The van der Waals surface area contributed by atoms with Gasteiger partial charge in [-0.3, -0.25) is 4.68 Å². The van der Waals surface area contributed by atoms with Crippen LogP contribution in [0.15, 0.2) is 6.33 Å². The molecule has 1 aromatic heterocycles. The van der Waals surface area contributed by atoms with Crippen LogP contribution in [0.25, 0.3) is 0 Å². The van der Waals surface area contributed by atoms with E-state index in [9.17, 15) is 8.78 Å². The lowest BCUT2D eigenvalue weighted by atomic mass is 10.0. The monoisotopic (exact) mass is 204 g/mol. The van der Waals surface area contributed by atoms with E-state index >= 15 is 0 Å². The van der Waals surface area contributed by atoms with Gasteiger partial charge in [0, 0.05) is 13.0 Å². The summed E-state index contributed by atoms with van der Waals surface area (Å²) in [5.74, 6) is 0.105. The summed E-state index contributed by atoms with van der Waals surface area (Å²) in [5.41, 5.74) is 5.31. The predicted octanol–water partition coefficient (Wildman–Crippen LogP) is 1.54. The Hall–Kier alpha value is -1.20. The Kier molecular flexibility index (Phi) is 3.79. The molecule has 0 fully saturated rings. The third-order valence-electron chi connectivity index (χ3n) is 2.09. The molecule has 1 unspecified atom stereocenters. The van der Waals surface area contributed by atoms with Crippen molar-refractivity contribution in [3.05, 3.63) is 6.33 Å². The summed E-state index contributed by atoms with van der Waals surface area (Å²) in [6.45, 7) is 2.33. The Morgan fingerprint density at radius 2 is 2.29 bits per heavy atom. The molecule has 0 aliphatic heterocycles. The number of anilines is 1. The summed E-state index contributed by atoms with van der Waals surface area (Å²) in [4.78, 5) is 3.73. The summed E-state index contributed by atoms with van der Waals surface area (Å²) in [6, 6.07) is 0. The average molecular weight is 204 g/mol. The van der Waals surface area contributed by atoms with Crippen LogP contribution in [-0.4, -0.2) is 21.2 Å². The molecule has 1 heterocycles. The van der Waals surface area contributed by atoms with Gasteiger partial charge in [0.15, 0.2) is 0 Å². The first kappa shape index (κ1) is 10.9.